The van der Waals surface area contributed by atoms with E-state index in [1.165, 1.54) is 17.0 Å². The van der Waals surface area contributed by atoms with Crippen molar-refractivity contribution in [3.05, 3.63) is 35.4 Å². The molecule has 1 aliphatic carbocycles. The molecule has 2 fully saturated rings. The van der Waals surface area contributed by atoms with E-state index < -0.39 is 17.6 Å². The summed E-state index contributed by atoms with van der Waals surface area (Å²) in [7, 11) is 0. The van der Waals surface area contributed by atoms with E-state index in [-0.39, 0.29) is 23.7 Å². The second kappa shape index (κ2) is 6.93. The highest BCUT2D eigenvalue weighted by atomic mass is 19.4. The molecule has 2 aliphatic rings. The summed E-state index contributed by atoms with van der Waals surface area (Å²) in [4.78, 5) is 25.7. The Kier molecular flexibility index (Phi) is 4.87. The van der Waals surface area contributed by atoms with Gasteiger partial charge in [0.05, 0.1) is 5.56 Å². The van der Waals surface area contributed by atoms with Crippen molar-refractivity contribution in [1.29, 1.82) is 0 Å². The molecule has 1 saturated heterocycles. The lowest BCUT2D eigenvalue weighted by Gasteiger charge is -2.32. The van der Waals surface area contributed by atoms with Crippen LogP contribution in [0.5, 0.6) is 0 Å². The molecule has 0 aromatic heterocycles. The number of piperidine rings is 1. The van der Waals surface area contributed by atoms with Crippen molar-refractivity contribution in [2.45, 2.75) is 43.9 Å². The number of carbonyl (C=O) groups excluding carboxylic acids is 2. The normalized spacial score (nSPS) is 18.8. The van der Waals surface area contributed by atoms with Crippen LogP contribution in [0.15, 0.2) is 24.3 Å². The Balaban J connectivity index is 1.53. The van der Waals surface area contributed by atoms with Crippen molar-refractivity contribution in [2.24, 2.45) is 0 Å². The van der Waals surface area contributed by atoms with Gasteiger partial charge in [-0.3, -0.25) is 4.79 Å². The number of alkyl halides is 3. The van der Waals surface area contributed by atoms with Crippen LogP contribution in [-0.2, 0) is 6.18 Å². The Morgan fingerprint density at radius 3 is 2.16 bits per heavy atom. The van der Waals surface area contributed by atoms with E-state index in [9.17, 15) is 22.8 Å². The van der Waals surface area contributed by atoms with Gasteiger partial charge in [0.1, 0.15) is 0 Å². The third-order valence-corrected chi connectivity index (χ3v) is 4.47. The summed E-state index contributed by atoms with van der Waals surface area (Å²) in [5.41, 5.74) is -0.792. The number of urea groups is 1. The second-order valence-electron chi connectivity index (χ2n) is 6.54. The summed E-state index contributed by atoms with van der Waals surface area (Å²) in [6, 6.07) is 4.54. The monoisotopic (exact) mass is 355 g/mol. The number of amides is 3. The van der Waals surface area contributed by atoms with Crippen LogP contribution in [0.3, 0.4) is 0 Å². The first-order valence-electron chi connectivity index (χ1n) is 8.36. The molecule has 0 unspecified atom stereocenters. The van der Waals surface area contributed by atoms with Crippen LogP contribution in [0.25, 0.3) is 0 Å². The van der Waals surface area contributed by atoms with Crippen LogP contribution >= 0.6 is 0 Å². The first kappa shape index (κ1) is 17.6. The number of nitrogens with zero attached hydrogens (tertiary/aromatic N) is 1. The highest BCUT2D eigenvalue weighted by Crippen LogP contribution is 2.30. The smallest absolute Gasteiger partial charge is 0.338 e. The van der Waals surface area contributed by atoms with Gasteiger partial charge in [-0.2, -0.15) is 13.2 Å². The highest BCUT2D eigenvalue weighted by Gasteiger charge is 2.32. The molecule has 136 valence electrons. The minimum absolute atomic E-state index is 0.0238. The SMILES string of the molecule is O=C(NC1CC1)NC1CCN(C(=O)c2cccc(C(F)(F)F)c2)CC1. The number of hydrogen-bond acceptors (Lipinski definition) is 2. The fraction of sp³-hybridized carbons (Fsp3) is 0.529. The maximum Gasteiger partial charge on any atom is 0.416 e. The third kappa shape index (κ3) is 4.64. The van der Waals surface area contributed by atoms with Crippen molar-refractivity contribution >= 4 is 11.9 Å². The number of nitrogens with one attached hydrogen (secondary N) is 2. The zero-order valence-corrected chi connectivity index (χ0v) is 13.6. The van der Waals surface area contributed by atoms with Crippen LogP contribution in [0, 0.1) is 0 Å². The number of halogens is 3. The summed E-state index contributed by atoms with van der Waals surface area (Å²) in [5.74, 6) is -0.410. The largest absolute Gasteiger partial charge is 0.416 e. The van der Waals surface area contributed by atoms with Crippen LogP contribution in [0.1, 0.15) is 41.6 Å². The van der Waals surface area contributed by atoms with Gasteiger partial charge in [-0.1, -0.05) is 6.07 Å². The van der Waals surface area contributed by atoms with Crippen LogP contribution < -0.4 is 10.6 Å². The van der Waals surface area contributed by atoms with Gasteiger partial charge in [0.2, 0.25) is 0 Å². The van der Waals surface area contributed by atoms with Crippen LogP contribution in [-0.4, -0.2) is 42.0 Å². The number of hydrogen-bond donors (Lipinski definition) is 2. The van der Waals surface area contributed by atoms with Crippen molar-refractivity contribution in [3.63, 3.8) is 0 Å². The maximum atomic E-state index is 12.8. The Morgan fingerprint density at radius 1 is 1.00 bits per heavy atom. The summed E-state index contributed by atoms with van der Waals surface area (Å²) in [5, 5.41) is 5.73. The highest BCUT2D eigenvalue weighted by molar-refractivity contribution is 5.94. The minimum Gasteiger partial charge on any atom is -0.338 e. The zero-order chi connectivity index (χ0) is 18.0. The van der Waals surface area contributed by atoms with Crippen LogP contribution in [0.2, 0.25) is 0 Å². The molecule has 3 amide bonds. The molecular weight excluding hydrogens is 335 g/mol. The average molecular weight is 355 g/mol. The minimum atomic E-state index is -4.47. The van der Waals surface area contributed by atoms with E-state index in [0.717, 1.165) is 25.0 Å². The van der Waals surface area contributed by atoms with Gasteiger partial charge in [0, 0.05) is 30.7 Å². The van der Waals surface area contributed by atoms with E-state index in [1.54, 1.807) is 0 Å². The van der Waals surface area contributed by atoms with E-state index in [4.69, 9.17) is 0 Å². The molecule has 1 aromatic rings. The lowest BCUT2D eigenvalue weighted by molar-refractivity contribution is -0.137. The summed E-state index contributed by atoms with van der Waals surface area (Å²) < 4.78 is 38.3. The number of rotatable bonds is 3. The molecule has 8 heteroatoms. The zero-order valence-electron chi connectivity index (χ0n) is 13.6. The Labute approximate surface area is 143 Å². The molecule has 1 aromatic carbocycles. The molecule has 5 nitrogen and oxygen atoms in total. The van der Waals surface area contributed by atoms with Gasteiger partial charge in [0.15, 0.2) is 0 Å². The molecule has 2 N–H and O–H groups in total. The summed E-state index contributed by atoms with van der Waals surface area (Å²) in [6.45, 7) is 0.812. The van der Waals surface area contributed by atoms with Gasteiger partial charge in [-0.25, -0.2) is 4.79 Å². The van der Waals surface area contributed by atoms with Gasteiger partial charge in [-0.15, -0.1) is 0 Å². The molecule has 0 spiro atoms. The molecule has 25 heavy (non-hydrogen) atoms. The molecular formula is C17H20F3N3O2. The molecule has 0 atom stereocenters. The van der Waals surface area contributed by atoms with E-state index in [2.05, 4.69) is 10.6 Å². The van der Waals surface area contributed by atoms with Gasteiger partial charge >= 0.3 is 12.2 Å². The topological polar surface area (TPSA) is 61.4 Å². The lowest BCUT2D eigenvalue weighted by atomic mass is 10.0. The fourth-order valence-corrected chi connectivity index (χ4v) is 2.88. The predicted molar refractivity (Wildman–Crippen MR) is 85.1 cm³/mol. The quantitative estimate of drug-likeness (QED) is 0.876. The molecule has 0 bridgehead atoms. The molecule has 3 rings (SSSR count). The lowest BCUT2D eigenvalue weighted by Crippen LogP contribution is -2.49. The second-order valence-corrected chi connectivity index (χ2v) is 6.54. The Hall–Kier alpha value is -2.25. The Morgan fingerprint density at radius 2 is 1.60 bits per heavy atom. The summed E-state index contributed by atoms with van der Waals surface area (Å²) >= 11 is 0. The van der Waals surface area contributed by atoms with Crippen molar-refractivity contribution in [3.8, 4) is 0 Å². The van der Waals surface area contributed by atoms with Crippen molar-refractivity contribution in [2.75, 3.05) is 13.1 Å². The number of benzene rings is 1. The predicted octanol–water partition coefficient (Wildman–Crippen LogP) is 2.77. The van der Waals surface area contributed by atoms with Gasteiger partial charge in [0.25, 0.3) is 5.91 Å². The van der Waals surface area contributed by atoms with Crippen LogP contribution in [0.4, 0.5) is 18.0 Å². The van der Waals surface area contributed by atoms with Gasteiger partial charge in [-0.05, 0) is 43.9 Å². The van der Waals surface area contributed by atoms with E-state index >= 15 is 0 Å². The molecule has 1 saturated carbocycles. The number of likely N-dealkylation sites (tertiary alicyclic amines) is 1. The van der Waals surface area contributed by atoms with Gasteiger partial charge < -0.3 is 15.5 Å². The standard InChI is InChI=1S/C17H20F3N3O2/c18-17(19,20)12-3-1-2-11(10-12)15(24)23-8-6-14(7-9-23)22-16(25)21-13-4-5-13/h1-3,10,13-14H,4-9H2,(H2,21,22,25). The Bertz CT molecular complexity index is 651. The van der Waals surface area contributed by atoms with E-state index in [0.29, 0.717) is 25.9 Å². The molecule has 1 heterocycles. The third-order valence-electron chi connectivity index (χ3n) is 4.47. The first-order valence-corrected chi connectivity index (χ1v) is 8.36. The fourth-order valence-electron chi connectivity index (χ4n) is 2.88. The number of carbonyl (C=O) groups is 2. The maximum absolute atomic E-state index is 12.8. The van der Waals surface area contributed by atoms with Crippen molar-refractivity contribution in [1.82, 2.24) is 15.5 Å². The van der Waals surface area contributed by atoms with E-state index in [1.807, 2.05) is 0 Å². The summed E-state index contributed by atoms with van der Waals surface area (Å²) in [6.07, 6.45) is -1.28. The van der Waals surface area contributed by atoms with Crippen molar-refractivity contribution < 1.29 is 22.8 Å². The molecule has 1 aliphatic heterocycles. The molecule has 0 radical (unpaired) electrons. The first-order chi connectivity index (χ1) is 11.8. The average Bonchev–Trinajstić information content (AvgIpc) is 3.38.